The van der Waals surface area contributed by atoms with Crippen molar-refractivity contribution in [2.45, 2.75) is 0 Å². The molecule has 6 heteroatoms. The van der Waals surface area contributed by atoms with Crippen molar-refractivity contribution in [1.29, 1.82) is 0 Å². The van der Waals surface area contributed by atoms with Crippen molar-refractivity contribution in [3.63, 3.8) is 0 Å². The number of aromatic carboxylic acids is 1. The van der Waals surface area contributed by atoms with E-state index in [2.05, 4.69) is 5.32 Å². The average Bonchev–Trinajstić information content (AvgIpc) is 2.39. The summed E-state index contributed by atoms with van der Waals surface area (Å²) in [5.41, 5.74) is -0.106. The minimum absolute atomic E-state index is 0.0370. The molecule has 0 bridgehead atoms. The van der Waals surface area contributed by atoms with E-state index in [0.29, 0.717) is 5.75 Å². The number of carbonyl (C=O) groups is 2. The summed E-state index contributed by atoms with van der Waals surface area (Å²) in [6.45, 7) is 0. The van der Waals surface area contributed by atoms with Crippen LogP contribution in [0.15, 0.2) is 48.5 Å². The topological polar surface area (TPSA) is 75.6 Å². The highest BCUT2D eigenvalue weighted by atomic mass is 35.5. The van der Waals surface area contributed by atoms with Gasteiger partial charge in [0.25, 0.3) is 0 Å². The lowest BCUT2D eigenvalue weighted by atomic mass is 10.2. The van der Waals surface area contributed by atoms with E-state index in [1.165, 1.54) is 18.2 Å². The zero-order valence-electron chi connectivity index (χ0n) is 10.2. The van der Waals surface area contributed by atoms with E-state index in [9.17, 15) is 9.59 Å². The first kappa shape index (κ1) is 13.9. The maximum Gasteiger partial charge on any atom is 0.417 e. The molecule has 5 nitrogen and oxygen atoms in total. The number of nitrogens with one attached hydrogen (secondary N) is 1. The number of carbonyl (C=O) groups excluding carboxylic acids is 1. The van der Waals surface area contributed by atoms with Crippen LogP contribution in [0.4, 0.5) is 10.5 Å². The first-order valence-electron chi connectivity index (χ1n) is 5.63. The molecule has 0 saturated carbocycles. The van der Waals surface area contributed by atoms with Gasteiger partial charge in [-0.25, -0.2) is 9.59 Å². The summed E-state index contributed by atoms with van der Waals surface area (Å²) in [6, 6.07) is 12.8. The average molecular weight is 292 g/mol. The monoisotopic (exact) mass is 291 g/mol. The van der Waals surface area contributed by atoms with Crippen LogP contribution in [0.1, 0.15) is 10.4 Å². The molecule has 0 aliphatic rings. The molecule has 0 heterocycles. The third kappa shape index (κ3) is 3.27. The first-order valence-corrected chi connectivity index (χ1v) is 6.01. The zero-order valence-corrected chi connectivity index (χ0v) is 10.9. The molecule has 2 rings (SSSR count). The lowest BCUT2D eigenvalue weighted by molar-refractivity contribution is 0.0698. The van der Waals surface area contributed by atoms with Crippen LogP contribution in [0, 0.1) is 0 Å². The van der Waals surface area contributed by atoms with E-state index in [1.54, 1.807) is 30.3 Å². The molecule has 2 N–H and O–H groups in total. The van der Waals surface area contributed by atoms with Gasteiger partial charge in [-0.1, -0.05) is 35.9 Å². The first-order chi connectivity index (χ1) is 9.58. The Morgan fingerprint density at radius 2 is 1.75 bits per heavy atom. The highest BCUT2D eigenvalue weighted by Crippen LogP contribution is 2.24. The highest BCUT2D eigenvalue weighted by Gasteiger charge is 2.16. The minimum atomic E-state index is -1.23. The van der Waals surface area contributed by atoms with E-state index in [4.69, 9.17) is 21.4 Å². The molecule has 0 aliphatic heterocycles. The van der Waals surface area contributed by atoms with Crippen molar-refractivity contribution in [2.75, 3.05) is 5.32 Å². The van der Waals surface area contributed by atoms with Crippen molar-refractivity contribution >= 4 is 29.4 Å². The van der Waals surface area contributed by atoms with Gasteiger partial charge < -0.3 is 9.84 Å². The fourth-order valence-corrected chi connectivity index (χ4v) is 1.83. The van der Waals surface area contributed by atoms with Crippen LogP contribution in [0.3, 0.4) is 0 Å². The van der Waals surface area contributed by atoms with Gasteiger partial charge >= 0.3 is 12.1 Å². The fourth-order valence-electron chi connectivity index (χ4n) is 1.58. The largest absolute Gasteiger partial charge is 0.478 e. The maximum absolute atomic E-state index is 11.7. The van der Waals surface area contributed by atoms with Gasteiger partial charge in [-0.05, 0) is 24.3 Å². The summed E-state index contributed by atoms with van der Waals surface area (Å²) in [5, 5.41) is 11.5. The summed E-state index contributed by atoms with van der Waals surface area (Å²) >= 11 is 5.80. The van der Waals surface area contributed by atoms with Crippen LogP contribution in [-0.2, 0) is 0 Å². The Morgan fingerprint density at radius 1 is 1.05 bits per heavy atom. The summed E-state index contributed by atoms with van der Waals surface area (Å²) in [7, 11) is 0. The molecule has 2 aromatic rings. The summed E-state index contributed by atoms with van der Waals surface area (Å²) in [4.78, 5) is 22.8. The molecule has 0 saturated heterocycles. The van der Waals surface area contributed by atoms with Crippen molar-refractivity contribution < 1.29 is 19.4 Å². The van der Waals surface area contributed by atoms with E-state index in [-0.39, 0.29) is 16.3 Å². The predicted molar refractivity (Wildman–Crippen MR) is 74.5 cm³/mol. The Kier molecular flexibility index (Phi) is 4.22. The maximum atomic E-state index is 11.7. The molecule has 102 valence electrons. The molecule has 20 heavy (non-hydrogen) atoms. The lowest BCUT2D eigenvalue weighted by Crippen LogP contribution is -2.18. The second-order valence-electron chi connectivity index (χ2n) is 3.80. The number of para-hydroxylation sites is 1. The number of ether oxygens (including phenoxy) is 1. The van der Waals surface area contributed by atoms with E-state index < -0.39 is 12.1 Å². The van der Waals surface area contributed by atoms with E-state index in [1.807, 2.05) is 0 Å². The Bertz CT molecular complexity index is 643. The van der Waals surface area contributed by atoms with Gasteiger partial charge in [0.15, 0.2) is 0 Å². The number of carboxylic acid groups (broad SMARTS) is 1. The van der Waals surface area contributed by atoms with Crippen molar-refractivity contribution in [1.82, 2.24) is 0 Å². The Balaban J connectivity index is 2.16. The Labute approximate surface area is 119 Å². The molecule has 0 aliphatic carbocycles. The fraction of sp³-hybridized carbons (Fsp3) is 0. The second kappa shape index (κ2) is 6.08. The van der Waals surface area contributed by atoms with Crippen molar-refractivity contribution in [3.05, 3.63) is 59.1 Å². The molecule has 0 unspecified atom stereocenters. The quantitative estimate of drug-likeness (QED) is 0.905. The van der Waals surface area contributed by atoms with Crippen molar-refractivity contribution in [2.24, 2.45) is 0 Å². The number of amides is 1. The van der Waals surface area contributed by atoms with Gasteiger partial charge in [0.2, 0.25) is 0 Å². The standard InChI is InChI=1S/C14H10ClNO4/c15-10-7-4-8-11(12(10)13(17)18)16-14(19)20-9-5-2-1-3-6-9/h1-8H,(H,16,19)(H,17,18). The van der Waals surface area contributed by atoms with E-state index in [0.717, 1.165) is 0 Å². The van der Waals surface area contributed by atoms with Gasteiger partial charge in [0.1, 0.15) is 11.3 Å². The molecular formula is C14H10ClNO4. The third-order valence-electron chi connectivity index (χ3n) is 2.42. The van der Waals surface area contributed by atoms with Crippen LogP contribution >= 0.6 is 11.6 Å². The Hall–Kier alpha value is -2.53. The van der Waals surface area contributed by atoms with Gasteiger partial charge in [-0.15, -0.1) is 0 Å². The summed E-state index contributed by atoms with van der Waals surface area (Å²) in [6.07, 6.45) is -0.791. The molecule has 0 spiro atoms. The number of hydrogen-bond acceptors (Lipinski definition) is 3. The highest BCUT2D eigenvalue weighted by molar-refractivity contribution is 6.34. The summed E-state index contributed by atoms with van der Waals surface area (Å²) < 4.78 is 5.01. The predicted octanol–water partition coefficient (Wildman–Crippen LogP) is 3.65. The molecule has 0 atom stereocenters. The minimum Gasteiger partial charge on any atom is -0.478 e. The van der Waals surface area contributed by atoms with Gasteiger partial charge in [0.05, 0.1) is 10.7 Å². The van der Waals surface area contributed by atoms with E-state index >= 15 is 0 Å². The van der Waals surface area contributed by atoms with Crippen LogP contribution in [0.5, 0.6) is 5.75 Å². The smallest absolute Gasteiger partial charge is 0.417 e. The molecule has 0 radical (unpaired) electrons. The van der Waals surface area contributed by atoms with Crippen LogP contribution in [0.25, 0.3) is 0 Å². The summed E-state index contributed by atoms with van der Waals surface area (Å²) in [5.74, 6) is -0.880. The van der Waals surface area contributed by atoms with Crippen LogP contribution in [-0.4, -0.2) is 17.2 Å². The third-order valence-corrected chi connectivity index (χ3v) is 2.73. The number of benzene rings is 2. The molecule has 1 amide bonds. The van der Waals surface area contributed by atoms with Crippen LogP contribution < -0.4 is 10.1 Å². The lowest BCUT2D eigenvalue weighted by Gasteiger charge is -2.09. The number of halogens is 1. The van der Waals surface area contributed by atoms with Gasteiger partial charge in [0, 0.05) is 0 Å². The van der Waals surface area contributed by atoms with Crippen LogP contribution in [0.2, 0.25) is 5.02 Å². The molecular weight excluding hydrogens is 282 g/mol. The SMILES string of the molecule is O=C(Nc1cccc(Cl)c1C(=O)O)Oc1ccccc1. The second-order valence-corrected chi connectivity index (χ2v) is 4.20. The molecule has 0 fully saturated rings. The van der Waals surface area contributed by atoms with Crippen molar-refractivity contribution in [3.8, 4) is 5.75 Å². The van der Waals surface area contributed by atoms with Gasteiger partial charge in [-0.2, -0.15) is 0 Å². The number of hydrogen-bond donors (Lipinski definition) is 2. The Morgan fingerprint density at radius 3 is 2.40 bits per heavy atom. The number of anilines is 1. The number of carboxylic acids is 1. The van der Waals surface area contributed by atoms with Gasteiger partial charge in [-0.3, -0.25) is 5.32 Å². The zero-order chi connectivity index (χ0) is 14.5. The molecule has 2 aromatic carbocycles. The molecule has 0 aromatic heterocycles. The normalized spacial score (nSPS) is 9.85. The number of rotatable bonds is 3.